The zero-order valence-corrected chi connectivity index (χ0v) is 14.6. The molecule has 0 aromatic heterocycles. The van der Waals surface area contributed by atoms with E-state index < -0.39 is 0 Å². The van der Waals surface area contributed by atoms with E-state index in [0.29, 0.717) is 37.4 Å². The van der Waals surface area contributed by atoms with Gasteiger partial charge in [0.1, 0.15) is 12.4 Å². The lowest BCUT2D eigenvalue weighted by atomic mass is 10.0. The largest absolute Gasteiger partial charge is 0.496 e. The number of benzene rings is 2. The molecule has 2 heterocycles. The number of hydrogen-bond donors (Lipinski definition) is 0. The van der Waals surface area contributed by atoms with Gasteiger partial charge in [0, 0.05) is 13.1 Å². The van der Waals surface area contributed by atoms with Crippen molar-refractivity contribution >= 4 is 17.7 Å². The van der Waals surface area contributed by atoms with Crippen LogP contribution in [0, 0.1) is 0 Å². The van der Waals surface area contributed by atoms with Gasteiger partial charge in [-0.2, -0.15) is 0 Å². The van der Waals surface area contributed by atoms with Crippen molar-refractivity contribution in [1.82, 2.24) is 4.90 Å². The summed E-state index contributed by atoms with van der Waals surface area (Å²) in [7, 11) is 1.56. The van der Waals surface area contributed by atoms with Gasteiger partial charge >= 0.3 is 6.09 Å². The van der Waals surface area contributed by atoms with Gasteiger partial charge in [0.2, 0.25) is 0 Å². The molecule has 1 atom stereocenters. The van der Waals surface area contributed by atoms with E-state index in [0.717, 1.165) is 11.3 Å². The van der Waals surface area contributed by atoms with E-state index in [-0.39, 0.29) is 18.0 Å². The monoisotopic (exact) mass is 352 g/mol. The Morgan fingerprint density at radius 1 is 1.15 bits per heavy atom. The maximum Gasteiger partial charge on any atom is 0.414 e. The maximum absolute atomic E-state index is 13.1. The molecule has 0 bridgehead atoms. The van der Waals surface area contributed by atoms with E-state index in [1.54, 1.807) is 24.1 Å². The molecule has 1 saturated heterocycles. The van der Waals surface area contributed by atoms with Gasteiger partial charge in [-0.1, -0.05) is 30.3 Å². The topological polar surface area (TPSA) is 59.1 Å². The number of para-hydroxylation sites is 2. The fourth-order valence-corrected chi connectivity index (χ4v) is 3.60. The molecule has 2 amide bonds. The molecule has 0 saturated carbocycles. The van der Waals surface area contributed by atoms with Crippen molar-refractivity contribution in [3.63, 3.8) is 0 Å². The number of nitrogens with zero attached hydrogens (tertiary/aromatic N) is 2. The van der Waals surface area contributed by atoms with Crippen LogP contribution in [0.5, 0.6) is 5.75 Å². The normalized spacial score (nSPS) is 19.1. The van der Waals surface area contributed by atoms with Gasteiger partial charge in [-0.15, -0.1) is 0 Å². The van der Waals surface area contributed by atoms with E-state index in [1.165, 1.54) is 0 Å². The van der Waals surface area contributed by atoms with Crippen LogP contribution in [0.2, 0.25) is 0 Å². The van der Waals surface area contributed by atoms with Crippen molar-refractivity contribution in [2.24, 2.45) is 0 Å². The Bertz CT molecular complexity index is 851. The molecule has 2 aromatic rings. The number of ether oxygens (including phenoxy) is 2. The summed E-state index contributed by atoms with van der Waals surface area (Å²) >= 11 is 0. The average Bonchev–Trinajstić information content (AvgIpc) is 3.02. The third-order valence-corrected chi connectivity index (χ3v) is 4.93. The summed E-state index contributed by atoms with van der Waals surface area (Å²) in [5, 5.41) is 0. The van der Waals surface area contributed by atoms with E-state index >= 15 is 0 Å². The first-order valence-electron chi connectivity index (χ1n) is 8.65. The number of amides is 2. The number of carbonyl (C=O) groups is 2. The number of fused-ring (bicyclic) bond motifs is 3. The van der Waals surface area contributed by atoms with E-state index in [4.69, 9.17) is 9.47 Å². The van der Waals surface area contributed by atoms with Crippen molar-refractivity contribution in [3.8, 4) is 5.75 Å². The molecule has 134 valence electrons. The second kappa shape index (κ2) is 6.71. The third kappa shape index (κ3) is 2.77. The van der Waals surface area contributed by atoms with Crippen molar-refractivity contribution < 1.29 is 19.1 Å². The van der Waals surface area contributed by atoms with Crippen LogP contribution in [0.25, 0.3) is 0 Å². The summed E-state index contributed by atoms with van der Waals surface area (Å²) in [6.45, 7) is 1.33. The van der Waals surface area contributed by atoms with Crippen molar-refractivity contribution in [1.29, 1.82) is 0 Å². The molecular formula is C20H20N2O4. The Morgan fingerprint density at radius 3 is 2.77 bits per heavy atom. The molecule has 6 heteroatoms. The number of carbonyl (C=O) groups excluding carboxylic acids is 2. The molecule has 6 nitrogen and oxygen atoms in total. The van der Waals surface area contributed by atoms with Crippen molar-refractivity contribution in [2.45, 2.75) is 19.0 Å². The maximum atomic E-state index is 13.1. The summed E-state index contributed by atoms with van der Waals surface area (Å²) in [5.41, 5.74) is 2.29. The molecular weight excluding hydrogens is 332 g/mol. The number of rotatable bonds is 2. The van der Waals surface area contributed by atoms with Gasteiger partial charge in [0.15, 0.2) is 0 Å². The van der Waals surface area contributed by atoms with Gasteiger partial charge in [-0.3, -0.25) is 9.69 Å². The van der Waals surface area contributed by atoms with Crippen molar-refractivity contribution in [3.05, 3.63) is 59.7 Å². The quantitative estimate of drug-likeness (QED) is 0.833. The first-order chi connectivity index (χ1) is 12.7. The first-order valence-corrected chi connectivity index (χ1v) is 8.65. The summed E-state index contributed by atoms with van der Waals surface area (Å²) in [5.74, 6) is 0.491. The lowest BCUT2D eigenvalue weighted by Gasteiger charge is -2.32. The van der Waals surface area contributed by atoms with E-state index in [1.807, 2.05) is 41.3 Å². The van der Waals surface area contributed by atoms with Gasteiger partial charge in [-0.25, -0.2) is 4.79 Å². The minimum atomic E-state index is -0.313. The summed E-state index contributed by atoms with van der Waals surface area (Å²) < 4.78 is 10.6. The van der Waals surface area contributed by atoms with Crippen LogP contribution < -0.4 is 9.64 Å². The molecule has 0 radical (unpaired) electrons. The molecule has 0 unspecified atom stereocenters. The third-order valence-electron chi connectivity index (χ3n) is 4.93. The van der Waals surface area contributed by atoms with E-state index in [9.17, 15) is 9.59 Å². The molecule has 0 spiro atoms. The molecule has 26 heavy (non-hydrogen) atoms. The Balaban J connectivity index is 1.70. The predicted molar refractivity (Wildman–Crippen MR) is 96.4 cm³/mol. The SMILES string of the molecule is COc1ccccc1C(=O)N1CC[C@H]2COC(=O)N2c2ccccc2C1. The summed E-state index contributed by atoms with van der Waals surface area (Å²) in [6, 6.07) is 14.9. The predicted octanol–water partition coefficient (Wildman–Crippen LogP) is 3.07. The lowest BCUT2D eigenvalue weighted by Crippen LogP contribution is -2.42. The number of methoxy groups -OCH3 is 1. The first kappa shape index (κ1) is 16.4. The van der Waals surface area contributed by atoms with Crippen LogP contribution in [0.1, 0.15) is 22.3 Å². The fraction of sp³-hybridized carbons (Fsp3) is 0.300. The highest BCUT2D eigenvalue weighted by molar-refractivity contribution is 5.97. The van der Waals surface area contributed by atoms with Crippen LogP contribution >= 0.6 is 0 Å². The summed E-state index contributed by atoms with van der Waals surface area (Å²) in [6.07, 6.45) is 0.355. The minimum absolute atomic E-state index is 0.0584. The fourth-order valence-electron chi connectivity index (χ4n) is 3.60. The minimum Gasteiger partial charge on any atom is -0.496 e. The number of hydrogen-bond acceptors (Lipinski definition) is 4. The van der Waals surface area contributed by atoms with Crippen LogP contribution in [-0.4, -0.2) is 43.2 Å². The Morgan fingerprint density at radius 2 is 1.92 bits per heavy atom. The second-order valence-electron chi connectivity index (χ2n) is 6.45. The summed E-state index contributed by atoms with van der Waals surface area (Å²) in [4.78, 5) is 28.8. The van der Waals surface area contributed by atoms with Crippen LogP contribution in [0.15, 0.2) is 48.5 Å². The standard InChI is InChI=1S/C20H20N2O4/c1-25-18-9-5-3-7-16(18)19(23)21-11-10-15-13-26-20(24)22(15)17-8-4-2-6-14(17)12-21/h2-9,15H,10-13H2,1H3/t15-/m0/s1. The Labute approximate surface area is 151 Å². The molecule has 0 aliphatic carbocycles. The van der Waals surface area contributed by atoms with Gasteiger partial charge in [0.25, 0.3) is 5.91 Å². The average molecular weight is 352 g/mol. The van der Waals surface area contributed by atoms with E-state index in [2.05, 4.69) is 0 Å². The lowest BCUT2D eigenvalue weighted by molar-refractivity contribution is 0.0731. The molecule has 2 aliphatic rings. The Kier molecular flexibility index (Phi) is 4.24. The second-order valence-corrected chi connectivity index (χ2v) is 6.45. The molecule has 0 N–H and O–H groups in total. The van der Waals surface area contributed by atoms with Gasteiger partial charge < -0.3 is 14.4 Å². The Hall–Kier alpha value is -3.02. The molecule has 4 rings (SSSR count). The highest BCUT2D eigenvalue weighted by Gasteiger charge is 2.37. The smallest absolute Gasteiger partial charge is 0.414 e. The highest BCUT2D eigenvalue weighted by Crippen LogP contribution is 2.32. The van der Waals surface area contributed by atoms with Gasteiger partial charge in [0.05, 0.1) is 24.4 Å². The zero-order chi connectivity index (χ0) is 18.1. The van der Waals surface area contributed by atoms with Crippen LogP contribution in [0.4, 0.5) is 10.5 Å². The molecule has 1 fully saturated rings. The van der Waals surface area contributed by atoms with Crippen LogP contribution in [0.3, 0.4) is 0 Å². The molecule has 2 aromatic carbocycles. The van der Waals surface area contributed by atoms with Crippen molar-refractivity contribution in [2.75, 3.05) is 25.2 Å². The number of cyclic esters (lactones) is 1. The molecule has 2 aliphatic heterocycles. The number of anilines is 1. The van der Waals surface area contributed by atoms with Gasteiger partial charge in [-0.05, 0) is 30.2 Å². The van der Waals surface area contributed by atoms with Crippen LogP contribution in [-0.2, 0) is 11.3 Å². The highest BCUT2D eigenvalue weighted by atomic mass is 16.6. The zero-order valence-electron chi connectivity index (χ0n) is 14.6.